The van der Waals surface area contributed by atoms with E-state index in [1.54, 1.807) is 12.4 Å². The van der Waals surface area contributed by atoms with Gasteiger partial charge in [0.25, 0.3) is 0 Å². The first kappa shape index (κ1) is 11.4. The summed E-state index contributed by atoms with van der Waals surface area (Å²) in [5, 5.41) is 3.27. The van der Waals surface area contributed by atoms with Gasteiger partial charge in [-0.1, -0.05) is 6.07 Å². The maximum Gasteiger partial charge on any atom is 0.121 e. The van der Waals surface area contributed by atoms with Crippen molar-refractivity contribution in [3.05, 3.63) is 48.8 Å². The van der Waals surface area contributed by atoms with Crippen LogP contribution in [0.15, 0.2) is 48.8 Å². The Morgan fingerprint density at radius 3 is 2.71 bits per heavy atom. The smallest absolute Gasteiger partial charge is 0.121 e. The van der Waals surface area contributed by atoms with Crippen LogP contribution in [0.2, 0.25) is 0 Å². The number of ether oxygens (including phenoxy) is 1. The summed E-state index contributed by atoms with van der Waals surface area (Å²) in [6.45, 7) is 1.04. The van der Waals surface area contributed by atoms with Crippen molar-refractivity contribution in [2.75, 3.05) is 18.5 Å². The van der Waals surface area contributed by atoms with E-state index >= 15 is 0 Å². The third kappa shape index (κ3) is 3.46. The molecule has 0 radical (unpaired) electrons. The van der Waals surface area contributed by atoms with E-state index in [2.05, 4.69) is 10.3 Å². The van der Waals surface area contributed by atoms with Crippen LogP contribution in [-0.4, -0.2) is 18.1 Å². The number of nitrogens with zero attached hydrogens (tertiary/aromatic N) is 1. The molecule has 0 spiro atoms. The summed E-state index contributed by atoms with van der Waals surface area (Å²) >= 11 is 0. The Kier molecular flexibility index (Phi) is 3.94. The fourth-order valence-electron chi connectivity index (χ4n) is 1.44. The minimum atomic E-state index is 0.516. The van der Waals surface area contributed by atoms with Crippen LogP contribution in [0.4, 0.5) is 11.4 Å². The van der Waals surface area contributed by atoms with Crippen molar-refractivity contribution in [1.82, 2.24) is 4.98 Å². The second-order valence-electron chi connectivity index (χ2n) is 3.53. The Morgan fingerprint density at radius 1 is 1.12 bits per heavy atom. The largest absolute Gasteiger partial charge is 0.492 e. The summed E-state index contributed by atoms with van der Waals surface area (Å²) in [5.74, 6) is 0.814. The van der Waals surface area contributed by atoms with Crippen molar-refractivity contribution in [2.24, 2.45) is 5.73 Å². The predicted molar refractivity (Wildman–Crippen MR) is 68.5 cm³/mol. The Labute approximate surface area is 100 Å². The number of anilines is 2. The molecular formula is C13H15N3O. The van der Waals surface area contributed by atoms with E-state index in [1.165, 1.54) is 0 Å². The normalized spacial score (nSPS) is 9.94. The van der Waals surface area contributed by atoms with Crippen molar-refractivity contribution in [1.29, 1.82) is 0 Å². The zero-order valence-corrected chi connectivity index (χ0v) is 9.47. The molecule has 0 fully saturated rings. The van der Waals surface area contributed by atoms with Crippen LogP contribution in [-0.2, 0) is 0 Å². The van der Waals surface area contributed by atoms with E-state index in [0.717, 1.165) is 17.1 Å². The highest BCUT2D eigenvalue weighted by molar-refractivity contribution is 5.60. The molecule has 4 heteroatoms. The number of hydrogen-bond donors (Lipinski definition) is 2. The highest BCUT2D eigenvalue weighted by Gasteiger charge is 1.97. The van der Waals surface area contributed by atoms with E-state index in [1.807, 2.05) is 36.4 Å². The minimum Gasteiger partial charge on any atom is -0.492 e. The lowest BCUT2D eigenvalue weighted by atomic mass is 10.3. The molecular weight excluding hydrogens is 214 g/mol. The SMILES string of the molecule is NCCOc1cccc(Nc2ccncc2)c1. The Balaban J connectivity index is 2.06. The van der Waals surface area contributed by atoms with E-state index in [0.29, 0.717) is 13.2 Å². The Morgan fingerprint density at radius 2 is 1.94 bits per heavy atom. The lowest BCUT2D eigenvalue weighted by Crippen LogP contribution is -2.10. The van der Waals surface area contributed by atoms with Gasteiger partial charge in [0.1, 0.15) is 12.4 Å². The summed E-state index contributed by atoms with van der Waals surface area (Å²) in [7, 11) is 0. The second-order valence-corrected chi connectivity index (χ2v) is 3.53. The van der Waals surface area contributed by atoms with Crippen molar-refractivity contribution >= 4 is 11.4 Å². The maximum atomic E-state index is 5.46. The van der Waals surface area contributed by atoms with Crippen LogP contribution in [0.25, 0.3) is 0 Å². The van der Waals surface area contributed by atoms with Gasteiger partial charge in [-0.3, -0.25) is 4.98 Å². The van der Waals surface area contributed by atoms with Gasteiger partial charge in [-0.2, -0.15) is 0 Å². The number of aromatic nitrogens is 1. The fraction of sp³-hybridized carbons (Fsp3) is 0.154. The molecule has 1 aromatic carbocycles. The van der Waals surface area contributed by atoms with Gasteiger partial charge >= 0.3 is 0 Å². The molecule has 0 aliphatic carbocycles. The first-order valence-corrected chi connectivity index (χ1v) is 5.48. The van der Waals surface area contributed by atoms with Gasteiger partial charge in [0, 0.05) is 36.4 Å². The molecule has 4 nitrogen and oxygen atoms in total. The lowest BCUT2D eigenvalue weighted by Gasteiger charge is -2.09. The molecule has 0 aliphatic heterocycles. The van der Waals surface area contributed by atoms with Gasteiger partial charge in [-0.15, -0.1) is 0 Å². The zero-order valence-electron chi connectivity index (χ0n) is 9.47. The Bertz CT molecular complexity index is 459. The van der Waals surface area contributed by atoms with Gasteiger partial charge in [-0.25, -0.2) is 0 Å². The molecule has 0 bridgehead atoms. The molecule has 1 aromatic heterocycles. The number of nitrogens with two attached hydrogens (primary N) is 1. The highest BCUT2D eigenvalue weighted by atomic mass is 16.5. The van der Waals surface area contributed by atoms with Gasteiger partial charge in [0.05, 0.1) is 0 Å². The topological polar surface area (TPSA) is 60.2 Å². The van der Waals surface area contributed by atoms with Crippen molar-refractivity contribution in [3.63, 3.8) is 0 Å². The van der Waals surface area contributed by atoms with E-state index in [9.17, 15) is 0 Å². The molecule has 1 heterocycles. The molecule has 0 atom stereocenters. The second kappa shape index (κ2) is 5.86. The van der Waals surface area contributed by atoms with Gasteiger partial charge in [-0.05, 0) is 24.3 Å². The van der Waals surface area contributed by atoms with Crippen LogP contribution in [0, 0.1) is 0 Å². The first-order chi connectivity index (χ1) is 8.38. The van der Waals surface area contributed by atoms with Crippen LogP contribution in [0.3, 0.4) is 0 Å². The predicted octanol–water partition coefficient (Wildman–Crippen LogP) is 2.16. The summed E-state index contributed by atoms with van der Waals surface area (Å²) < 4.78 is 5.46. The summed E-state index contributed by atoms with van der Waals surface area (Å²) in [6, 6.07) is 11.6. The van der Waals surface area contributed by atoms with Crippen molar-refractivity contribution < 1.29 is 4.74 Å². The van der Waals surface area contributed by atoms with E-state index in [4.69, 9.17) is 10.5 Å². The molecule has 0 amide bonds. The molecule has 3 N–H and O–H groups in total. The molecule has 17 heavy (non-hydrogen) atoms. The first-order valence-electron chi connectivity index (χ1n) is 5.48. The molecule has 0 aliphatic rings. The maximum absolute atomic E-state index is 5.46. The standard InChI is InChI=1S/C13H15N3O/c14-6-9-17-13-3-1-2-12(10-13)16-11-4-7-15-8-5-11/h1-5,7-8,10H,6,9,14H2,(H,15,16). The molecule has 0 saturated heterocycles. The monoisotopic (exact) mass is 229 g/mol. The number of rotatable bonds is 5. The number of pyridine rings is 1. The molecule has 0 unspecified atom stereocenters. The zero-order chi connectivity index (χ0) is 11.9. The van der Waals surface area contributed by atoms with Crippen LogP contribution < -0.4 is 15.8 Å². The summed E-state index contributed by atoms with van der Waals surface area (Å²) in [6.07, 6.45) is 3.49. The number of nitrogens with one attached hydrogen (secondary N) is 1. The molecule has 0 saturated carbocycles. The van der Waals surface area contributed by atoms with Crippen molar-refractivity contribution in [2.45, 2.75) is 0 Å². The van der Waals surface area contributed by atoms with Crippen LogP contribution >= 0.6 is 0 Å². The fourth-order valence-corrected chi connectivity index (χ4v) is 1.44. The highest BCUT2D eigenvalue weighted by Crippen LogP contribution is 2.20. The van der Waals surface area contributed by atoms with E-state index in [-0.39, 0.29) is 0 Å². The summed E-state index contributed by atoms with van der Waals surface area (Å²) in [5.41, 5.74) is 7.36. The minimum absolute atomic E-state index is 0.516. The van der Waals surface area contributed by atoms with Crippen LogP contribution in [0.1, 0.15) is 0 Å². The van der Waals surface area contributed by atoms with Gasteiger partial charge in [0.15, 0.2) is 0 Å². The third-order valence-electron chi connectivity index (χ3n) is 2.19. The molecule has 2 aromatic rings. The average molecular weight is 229 g/mol. The summed E-state index contributed by atoms with van der Waals surface area (Å²) in [4.78, 5) is 3.97. The van der Waals surface area contributed by atoms with Gasteiger partial charge in [0.2, 0.25) is 0 Å². The molecule has 88 valence electrons. The van der Waals surface area contributed by atoms with Crippen LogP contribution in [0.5, 0.6) is 5.75 Å². The Hall–Kier alpha value is -2.07. The quantitative estimate of drug-likeness (QED) is 0.824. The number of hydrogen-bond acceptors (Lipinski definition) is 4. The lowest BCUT2D eigenvalue weighted by molar-refractivity contribution is 0.328. The molecule has 2 rings (SSSR count). The average Bonchev–Trinajstić information content (AvgIpc) is 2.38. The number of benzene rings is 1. The van der Waals surface area contributed by atoms with Gasteiger partial charge < -0.3 is 15.8 Å². The van der Waals surface area contributed by atoms with Crippen molar-refractivity contribution in [3.8, 4) is 5.75 Å². The third-order valence-corrected chi connectivity index (χ3v) is 2.19. The van der Waals surface area contributed by atoms with E-state index < -0.39 is 0 Å².